The van der Waals surface area contributed by atoms with Gasteiger partial charge < -0.3 is 15.6 Å². The highest BCUT2D eigenvalue weighted by molar-refractivity contribution is 5.73. The Morgan fingerprint density at radius 3 is 2.00 bits per heavy atom. The minimum atomic E-state index is -5.08. The Hall–Kier alpha value is -0.960. The molecule has 0 aliphatic heterocycles. The van der Waals surface area contributed by atoms with Gasteiger partial charge in [0.05, 0.1) is 6.10 Å². The summed E-state index contributed by atoms with van der Waals surface area (Å²) in [5, 5.41) is 7.12. The molecule has 0 aromatic heterocycles. The average molecular weight is 293 g/mol. The predicted molar refractivity (Wildman–Crippen MR) is 55.9 cm³/mol. The molecule has 0 aromatic rings. The minimum absolute atomic E-state index is 0.0128. The number of carboxylic acids is 1. The standard InChI is InChI=1S/C8H15F2NO.C2HF3O2/c9-8(10)5-12-7-3-1-6(11)2-4-7;3-2(4,5)1(6)7/h6-8H,1-5,11H2;(H,6,7)/t6-,7-;. The van der Waals surface area contributed by atoms with Gasteiger partial charge in [-0.25, -0.2) is 13.6 Å². The first-order valence-corrected chi connectivity index (χ1v) is 5.58. The van der Waals surface area contributed by atoms with Gasteiger partial charge in [-0.15, -0.1) is 0 Å². The Kier molecular flexibility index (Phi) is 7.84. The fraction of sp³-hybridized carbons (Fsp3) is 0.900. The van der Waals surface area contributed by atoms with Crippen LogP contribution < -0.4 is 5.73 Å². The van der Waals surface area contributed by atoms with Crippen molar-refractivity contribution in [3.63, 3.8) is 0 Å². The number of alkyl halides is 5. The summed E-state index contributed by atoms with van der Waals surface area (Å²) in [6, 6.07) is 0.247. The van der Waals surface area contributed by atoms with Crippen molar-refractivity contribution < 1.29 is 36.6 Å². The van der Waals surface area contributed by atoms with Crippen molar-refractivity contribution in [1.29, 1.82) is 0 Å². The fourth-order valence-corrected chi connectivity index (χ4v) is 1.46. The summed E-state index contributed by atoms with van der Waals surface area (Å²) in [4.78, 5) is 8.90. The lowest BCUT2D eigenvalue weighted by molar-refractivity contribution is -0.192. The molecule has 0 radical (unpaired) electrons. The highest BCUT2D eigenvalue weighted by Gasteiger charge is 2.38. The van der Waals surface area contributed by atoms with Crippen molar-refractivity contribution in [1.82, 2.24) is 0 Å². The molecule has 0 saturated heterocycles. The number of hydrogen-bond acceptors (Lipinski definition) is 3. The SMILES string of the molecule is N[C@H]1CC[C@H](OCC(F)F)CC1.O=C(O)C(F)(F)F. The third-order valence-electron chi connectivity index (χ3n) is 2.42. The normalized spacial score (nSPS) is 23.7. The molecule has 0 atom stereocenters. The van der Waals surface area contributed by atoms with E-state index in [0.29, 0.717) is 0 Å². The Morgan fingerprint density at radius 2 is 1.68 bits per heavy atom. The second-order valence-corrected chi connectivity index (χ2v) is 4.06. The van der Waals surface area contributed by atoms with Crippen LogP contribution in [0.25, 0.3) is 0 Å². The second-order valence-electron chi connectivity index (χ2n) is 4.06. The Labute approximate surface area is 106 Å². The van der Waals surface area contributed by atoms with Crippen LogP contribution in [0, 0.1) is 0 Å². The van der Waals surface area contributed by atoms with Gasteiger partial charge in [-0.1, -0.05) is 0 Å². The summed E-state index contributed by atoms with van der Waals surface area (Å²) < 4.78 is 60.2. The number of hydrogen-bond donors (Lipinski definition) is 2. The Bertz CT molecular complexity index is 264. The summed E-state index contributed by atoms with van der Waals surface area (Å²) in [6.07, 6.45) is -3.97. The highest BCUT2D eigenvalue weighted by atomic mass is 19.4. The maximum Gasteiger partial charge on any atom is 0.490 e. The van der Waals surface area contributed by atoms with Crippen molar-refractivity contribution >= 4 is 5.97 Å². The predicted octanol–water partition coefficient (Wildman–Crippen LogP) is 2.17. The fourth-order valence-electron chi connectivity index (χ4n) is 1.46. The summed E-state index contributed by atoms with van der Waals surface area (Å²) in [5.74, 6) is -2.76. The van der Waals surface area contributed by atoms with E-state index in [2.05, 4.69) is 0 Å². The molecule has 0 aromatic carbocycles. The first-order chi connectivity index (χ1) is 8.62. The quantitative estimate of drug-likeness (QED) is 0.782. The number of rotatable bonds is 3. The molecule has 0 heterocycles. The van der Waals surface area contributed by atoms with E-state index >= 15 is 0 Å². The van der Waals surface area contributed by atoms with Crippen molar-refractivity contribution in [3.05, 3.63) is 0 Å². The van der Waals surface area contributed by atoms with Crippen LogP contribution >= 0.6 is 0 Å². The number of halogens is 5. The van der Waals surface area contributed by atoms with Gasteiger partial charge in [0.1, 0.15) is 6.61 Å². The molecule has 0 amide bonds. The molecule has 114 valence electrons. The van der Waals surface area contributed by atoms with Crippen LogP contribution in [0.15, 0.2) is 0 Å². The highest BCUT2D eigenvalue weighted by Crippen LogP contribution is 2.20. The monoisotopic (exact) mass is 293 g/mol. The van der Waals surface area contributed by atoms with Gasteiger partial charge in [0.15, 0.2) is 0 Å². The number of carboxylic acid groups (broad SMARTS) is 1. The molecule has 1 aliphatic rings. The summed E-state index contributed by atoms with van der Waals surface area (Å²) in [7, 11) is 0. The lowest BCUT2D eigenvalue weighted by Crippen LogP contribution is -2.31. The molecule has 0 unspecified atom stereocenters. The first kappa shape index (κ1) is 18.0. The Morgan fingerprint density at radius 1 is 1.26 bits per heavy atom. The molecule has 1 aliphatic carbocycles. The topological polar surface area (TPSA) is 72.5 Å². The van der Waals surface area contributed by atoms with E-state index < -0.39 is 25.2 Å². The lowest BCUT2D eigenvalue weighted by Gasteiger charge is -2.25. The maximum atomic E-state index is 11.7. The molecule has 1 saturated carbocycles. The van der Waals surface area contributed by atoms with Gasteiger partial charge in [-0.05, 0) is 25.7 Å². The van der Waals surface area contributed by atoms with E-state index in [1.807, 2.05) is 0 Å². The van der Waals surface area contributed by atoms with E-state index in [4.69, 9.17) is 20.4 Å². The number of ether oxygens (including phenoxy) is 1. The summed E-state index contributed by atoms with van der Waals surface area (Å²) in [6.45, 7) is -0.431. The number of nitrogens with two attached hydrogens (primary N) is 1. The van der Waals surface area contributed by atoms with Gasteiger partial charge in [0, 0.05) is 6.04 Å². The smallest absolute Gasteiger partial charge is 0.475 e. The van der Waals surface area contributed by atoms with E-state index in [-0.39, 0.29) is 12.1 Å². The van der Waals surface area contributed by atoms with Gasteiger partial charge >= 0.3 is 12.1 Å². The van der Waals surface area contributed by atoms with Gasteiger partial charge in [-0.3, -0.25) is 0 Å². The molecule has 3 N–H and O–H groups in total. The molecule has 19 heavy (non-hydrogen) atoms. The zero-order valence-electron chi connectivity index (χ0n) is 10.00. The summed E-state index contributed by atoms with van der Waals surface area (Å²) >= 11 is 0. The van der Waals surface area contributed by atoms with Crippen LogP contribution in [0.4, 0.5) is 22.0 Å². The van der Waals surface area contributed by atoms with Crippen LogP contribution in [0.2, 0.25) is 0 Å². The van der Waals surface area contributed by atoms with Crippen molar-refractivity contribution in [2.75, 3.05) is 6.61 Å². The molecule has 9 heteroatoms. The van der Waals surface area contributed by atoms with Crippen LogP contribution in [0.5, 0.6) is 0 Å². The van der Waals surface area contributed by atoms with Crippen LogP contribution in [0.3, 0.4) is 0 Å². The molecule has 4 nitrogen and oxygen atoms in total. The van der Waals surface area contributed by atoms with Crippen molar-refractivity contribution in [2.45, 2.75) is 50.4 Å². The molecule has 0 spiro atoms. The minimum Gasteiger partial charge on any atom is -0.475 e. The lowest BCUT2D eigenvalue weighted by atomic mass is 9.94. The maximum absolute atomic E-state index is 11.7. The van der Waals surface area contributed by atoms with Gasteiger partial charge in [0.25, 0.3) is 6.43 Å². The Balaban J connectivity index is 0.000000399. The molecular weight excluding hydrogens is 277 g/mol. The van der Waals surface area contributed by atoms with E-state index in [1.54, 1.807) is 0 Å². The molecule has 0 bridgehead atoms. The van der Waals surface area contributed by atoms with E-state index in [1.165, 1.54) is 0 Å². The largest absolute Gasteiger partial charge is 0.490 e. The number of aliphatic carboxylic acids is 1. The van der Waals surface area contributed by atoms with Gasteiger partial charge in [-0.2, -0.15) is 13.2 Å². The first-order valence-electron chi connectivity index (χ1n) is 5.58. The van der Waals surface area contributed by atoms with E-state index in [9.17, 15) is 22.0 Å². The summed E-state index contributed by atoms with van der Waals surface area (Å²) in [5.41, 5.74) is 5.65. The van der Waals surface area contributed by atoms with Crippen molar-refractivity contribution in [2.24, 2.45) is 5.73 Å². The van der Waals surface area contributed by atoms with Crippen LogP contribution in [-0.4, -0.2) is 42.4 Å². The molecule has 1 fully saturated rings. The second kappa shape index (κ2) is 8.26. The molecule has 1 rings (SSSR count). The number of carbonyl (C=O) groups is 1. The third kappa shape index (κ3) is 9.60. The molecular formula is C10H16F5NO3. The zero-order valence-corrected chi connectivity index (χ0v) is 10.00. The average Bonchev–Trinajstić information content (AvgIpc) is 2.27. The zero-order chi connectivity index (χ0) is 15.1. The van der Waals surface area contributed by atoms with Crippen LogP contribution in [0.1, 0.15) is 25.7 Å². The van der Waals surface area contributed by atoms with E-state index in [0.717, 1.165) is 25.7 Å². The van der Waals surface area contributed by atoms with Crippen molar-refractivity contribution in [3.8, 4) is 0 Å². The third-order valence-corrected chi connectivity index (χ3v) is 2.42. The van der Waals surface area contributed by atoms with Crippen LogP contribution in [-0.2, 0) is 9.53 Å². The van der Waals surface area contributed by atoms with Gasteiger partial charge in [0.2, 0.25) is 0 Å².